The number of rotatable bonds is 5. The zero-order chi connectivity index (χ0) is 14.5. The van der Waals surface area contributed by atoms with Gasteiger partial charge in [-0.25, -0.2) is 0 Å². The Kier molecular flexibility index (Phi) is 4.88. The standard InChI is InChI=1S/C16H18ClNO2/c1-18-10-11-8-12(17)4-6-14(11)15-7-5-13(19-2)9-16(15)20-3/h4-9,18H,10H2,1-3H3. The average molecular weight is 292 g/mol. The van der Waals surface area contributed by atoms with E-state index >= 15 is 0 Å². The van der Waals surface area contributed by atoms with Gasteiger partial charge < -0.3 is 14.8 Å². The summed E-state index contributed by atoms with van der Waals surface area (Å²) in [5.74, 6) is 1.55. The first kappa shape index (κ1) is 14.7. The average Bonchev–Trinajstić information content (AvgIpc) is 2.47. The minimum absolute atomic E-state index is 0.728. The summed E-state index contributed by atoms with van der Waals surface area (Å²) in [5, 5.41) is 3.89. The summed E-state index contributed by atoms with van der Waals surface area (Å²) in [6.45, 7) is 0.741. The molecule has 1 N–H and O–H groups in total. The Bertz CT molecular complexity index is 599. The van der Waals surface area contributed by atoms with Crippen molar-refractivity contribution < 1.29 is 9.47 Å². The molecule has 2 aromatic rings. The zero-order valence-electron chi connectivity index (χ0n) is 11.9. The fourth-order valence-corrected chi connectivity index (χ4v) is 2.38. The number of methoxy groups -OCH3 is 2. The Morgan fingerprint density at radius 2 is 1.75 bits per heavy atom. The number of hydrogen-bond donors (Lipinski definition) is 1. The predicted molar refractivity (Wildman–Crippen MR) is 82.8 cm³/mol. The lowest BCUT2D eigenvalue weighted by molar-refractivity contribution is 0.395. The second-order valence-electron chi connectivity index (χ2n) is 4.40. The lowest BCUT2D eigenvalue weighted by atomic mass is 9.98. The molecule has 0 fully saturated rings. The summed E-state index contributed by atoms with van der Waals surface area (Å²) in [5.41, 5.74) is 3.25. The minimum Gasteiger partial charge on any atom is -0.497 e. The molecule has 20 heavy (non-hydrogen) atoms. The maximum Gasteiger partial charge on any atom is 0.130 e. The van der Waals surface area contributed by atoms with Gasteiger partial charge in [-0.1, -0.05) is 17.7 Å². The SMILES string of the molecule is CNCc1cc(Cl)ccc1-c1ccc(OC)cc1OC. The number of nitrogens with one attached hydrogen (secondary N) is 1. The zero-order valence-corrected chi connectivity index (χ0v) is 12.6. The first-order chi connectivity index (χ1) is 9.69. The van der Waals surface area contributed by atoms with E-state index in [1.165, 1.54) is 0 Å². The summed E-state index contributed by atoms with van der Waals surface area (Å²) in [6, 6.07) is 11.7. The molecule has 3 nitrogen and oxygen atoms in total. The molecule has 106 valence electrons. The molecule has 0 amide bonds. The summed E-state index contributed by atoms with van der Waals surface area (Å²) in [7, 11) is 5.21. The van der Waals surface area contributed by atoms with Gasteiger partial charge in [-0.05, 0) is 42.4 Å². The van der Waals surface area contributed by atoms with Crippen LogP contribution in [-0.2, 0) is 6.54 Å². The monoisotopic (exact) mass is 291 g/mol. The summed E-state index contributed by atoms with van der Waals surface area (Å²) in [6.07, 6.45) is 0. The molecule has 0 aliphatic heterocycles. The van der Waals surface area contributed by atoms with E-state index in [2.05, 4.69) is 5.32 Å². The Morgan fingerprint density at radius 1 is 1.00 bits per heavy atom. The summed E-state index contributed by atoms with van der Waals surface area (Å²) in [4.78, 5) is 0. The van der Waals surface area contributed by atoms with E-state index in [0.29, 0.717) is 0 Å². The van der Waals surface area contributed by atoms with Crippen LogP contribution in [0.25, 0.3) is 11.1 Å². The highest BCUT2D eigenvalue weighted by atomic mass is 35.5. The van der Waals surface area contributed by atoms with Crippen molar-refractivity contribution in [2.24, 2.45) is 0 Å². The highest BCUT2D eigenvalue weighted by Crippen LogP contribution is 2.36. The van der Waals surface area contributed by atoms with Crippen molar-refractivity contribution in [2.75, 3.05) is 21.3 Å². The molecule has 0 aliphatic rings. The number of halogens is 1. The molecule has 0 spiro atoms. The van der Waals surface area contributed by atoms with Gasteiger partial charge >= 0.3 is 0 Å². The fraction of sp³-hybridized carbons (Fsp3) is 0.250. The third-order valence-corrected chi connectivity index (χ3v) is 3.37. The lowest BCUT2D eigenvalue weighted by Crippen LogP contribution is -2.06. The molecule has 0 bridgehead atoms. The van der Waals surface area contributed by atoms with E-state index in [4.69, 9.17) is 21.1 Å². The van der Waals surface area contributed by atoms with Gasteiger partial charge in [0.2, 0.25) is 0 Å². The van der Waals surface area contributed by atoms with Crippen LogP contribution in [0.3, 0.4) is 0 Å². The number of ether oxygens (including phenoxy) is 2. The third-order valence-electron chi connectivity index (χ3n) is 3.13. The molecule has 0 saturated heterocycles. The van der Waals surface area contributed by atoms with Crippen LogP contribution >= 0.6 is 11.6 Å². The minimum atomic E-state index is 0.728. The van der Waals surface area contributed by atoms with Gasteiger partial charge in [-0.15, -0.1) is 0 Å². The first-order valence-electron chi connectivity index (χ1n) is 6.35. The topological polar surface area (TPSA) is 30.5 Å². The molecule has 0 unspecified atom stereocenters. The van der Waals surface area contributed by atoms with E-state index < -0.39 is 0 Å². The van der Waals surface area contributed by atoms with Gasteiger partial charge in [0.05, 0.1) is 14.2 Å². The number of hydrogen-bond acceptors (Lipinski definition) is 3. The molecule has 4 heteroatoms. The van der Waals surface area contributed by atoms with Crippen LogP contribution in [-0.4, -0.2) is 21.3 Å². The van der Waals surface area contributed by atoms with Crippen molar-refractivity contribution in [1.82, 2.24) is 5.32 Å². The van der Waals surface area contributed by atoms with Crippen molar-refractivity contribution in [3.63, 3.8) is 0 Å². The van der Waals surface area contributed by atoms with E-state index in [9.17, 15) is 0 Å². The van der Waals surface area contributed by atoms with Crippen molar-refractivity contribution in [3.05, 3.63) is 47.0 Å². The lowest BCUT2D eigenvalue weighted by Gasteiger charge is -2.14. The van der Waals surface area contributed by atoms with Gasteiger partial charge in [0.1, 0.15) is 11.5 Å². The maximum atomic E-state index is 6.08. The molecule has 0 heterocycles. The highest BCUT2D eigenvalue weighted by Gasteiger charge is 2.11. The van der Waals surface area contributed by atoms with Gasteiger partial charge in [-0.2, -0.15) is 0 Å². The molecular formula is C16H18ClNO2. The van der Waals surface area contributed by atoms with Crippen LogP contribution in [0.5, 0.6) is 11.5 Å². The van der Waals surface area contributed by atoms with Gasteiger partial charge in [0.25, 0.3) is 0 Å². The Labute approximate surface area is 124 Å². The smallest absolute Gasteiger partial charge is 0.130 e. The Balaban J connectivity index is 2.55. The predicted octanol–water partition coefficient (Wildman–Crippen LogP) is 3.74. The third kappa shape index (κ3) is 3.06. The van der Waals surface area contributed by atoms with Gasteiger partial charge in [0, 0.05) is 23.2 Å². The normalized spacial score (nSPS) is 10.4. The molecule has 0 atom stereocenters. The molecule has 2 aromatic carbocycles. The maximum absolute atomic E-state index is 6.08. The van der Waals surface area contributed by atoms with Crippen LogP contribution in [0.1, 0.15) is 5.56 Å². The van der Waals surface area contributed by atoms with Gasteiger partial charge in [0.15, 0.2) is 0 Å². The molecule has 0 radical (unpaired) electrons. The van der Waals surface area contributed by atoms with E-state index in [1.807, 2.05) is 43.4 Å². The number of benzene rings is 2. The van der Waals surface area contributed by atoms with Gasteiger partial charge in [-0.3, -0.25) is 0 Å². The molecule has 0 aromatic heterocycles. The second-order valence-corrected chi connectivity index (χ2v) is 4.83. The Hall–Kier alpha value is -1.71. The molecular weight excluding hydrogens is 274 g/mol. The van der Waals surface area contributed by atoms with Crippen molar-refractivity contribution >= 4 is 11.6 Å². The largest absolute Gasteiger partial charge is 0.497 e. The van der Waals surface area contributed by atoms with Crippen molar-refractivity contribution in [2.45, 2.75) is 6.54 Å². The van der Waals surface area contributed by atoms with Crippen molar-refractivity contribution in [1.29, 1.82) is 0 Å². The van der Waals surface area contributed by atoms with Crippen LogP contribution < -0.4 is 14.8 Å². The fourth-order valence-electron chi connectivity index (χ4n) is 2.18. The van der Waals surface area contributed by atoms with E-state index in [1.54, 1.807) is 14.2 Å². The second kappa shape index (κ2) is 6.64. The summed E-state index contributed by atoms with van der Waals surface area (Å²) >= 11 is 6.08. The highest BCUT2D eigenvalue weighted by molar-refractivity contribution is 6.30. The molecule has 2 rings (SSSR count). The summed E-state index contributed by atoms with van der Waals surface area (Å²) < 4.78 is 10.7. The Morgan fingerprint density at radius 3 is 2.40 bits per heavy atom. The molecule has 0 saturated carbocycles. The van der Waals surface area contributed by atoms with Crippen LogP contribution in [0, 0.1) is 0 Å². The first-order valence-corrected chi connectivity index (χ1v) is 6.72. The quantitative estimate of drug-likeness (QED) is 0.910. The van der Waals surface area contributed by atoms with Crippen LogP contribution in [0.4, 0.5) is 0 Å². The van der Waals surface area contributed by atoms with Crippen LogP contribution in [0.15, 0.2) is 36.4 Å². The van der Waals surface area contributed by atoms with Crippen LogP contribution in [0.2, 0.25) is 5.02 Å². The van der Waals surface area contributed by atoms with Crippen molar-refractivity contribution in [3.8, 4) is 22.6 Å². The molecule has 0 aliphatic carbocycles. The van der Waals surface area contributed by atoms with E-state index in [0.717, 1.165) is 39.8 Å². The van der Waals surface area contributed by atoms with E-state index in [-0.39, 0.29) is 0 Å².